The third-order valence-electron chi connectivity index (χ3n) is 2.54. The number of rotatable bonds is 4. The molecule has 0 fully saturated rings. The highest BCUT2D eigenvalue weighted by Gasteiger charge is 2.16. The lowest BCUT2D eigenvalue weighted by molar-refractivity contribution is 0.0697. The minimum absolute atomic E-state index is 0.0313. The molecule has 110 valence electrons. The van der Waals surface area contributed by atoms with Crippen molar-refractivity contribution in [2.24, 2.45) is 7.05 Å². The first-order valence-corrected chi connectivity index (χ1v) is 5.88. The molecule has 0 unspecified atom stereocenters. The van der Waals surface area contributed by atoms with Crippen molar-refractivity contribution < 1.29 is 19.1 Å². The average molecular weight is 293 g/mol. The summed E-state index contributed by atoms with van der Waals surface area (Å²) in [6.07, 6.45) is 1.47. The molecular formula is C12H12FN5O3. The van der Waals surface area contributed by atoms with Gasteiger partial charge in [-0.25, -0.2) is 19.0 Å². The number of hydrogen-bond donors (Lipinski definition) is 3. The fourth-order valence-electron chi connectivity index (χ4n) is 1.61. The number of halogens is 1. The van der Waals surface area contributed by atoms with Crippen molar-refractivity contribution in [2.45, 2.75) is 6.54 Å². The van der Waals surface area contributed by atoms with E-state index in [9.17, 15) is 14.0 Å². The van der Waals surface area contributed by atoms with Crippen LogP contribution in [0.15, 0.2) is 24.5 Å². The number of carboxylic acids is 1. The number of nitrogens with one attached hydrogen (secondary N) is 2. The molecule has 2 amide bonds. The monoisotopic (exact) mass is 293 g/mol. The van der Waals surface area contributed by atoms with E-state index >= 15 is 0 Å². The number of para-hydroxylation sites is 1. The summed E-state index contributed by atoms with van der Waals surface area (Å²) in [7, 11) is 1.68. The fraction of sp³-hybridized carbons (Fsp3) is 0.167. The maximum absolute atomic E-state index is 13.6. The largest absolute Gasteiger partial charge is 0.478 e. The summed E-state index contributed by atoms with van der Waals surface area (Å²) in [5.41, 5.74) is -0.724. The van der Waals surface area contributed by atoms with Crippen LogP contribution in [0.4, 0.5) is 14.9 Å². The Labute approximate surface area is 118 Å². The van der Waals surface area contributed by atoms with Crippen molar-refractivity contribution in [2.75, 3.05) is 5.32 Å². The van der Waals surface area contributed by atoms with E-state index in [0.29, 0.717) is 5.82 Å². The predicted molar refractivity (Wildman–Crippen MR) is 70.2 cm³/mol. The van der Waals surface area contributed by atoms with E-state index in [1.165, 1.54) is 23.1 Å². The van der Waals surface area contributed by atoms with E-state index in [0.717, 1.165) is 6.07 Å². The van der Waals surface area contributed by atoms with Gasteiger partial charge in [0.1, 0.15) is 12.1 Å². The number of amides is 2. The van der Waals surface area contributed by atoms with Crippen LogP contribution in [0, 0.1) is 5.82 Å². The van der Waals surface area contributed by atoms with Crippen LogP contribution in [-0.2, 0) is 13.6 Å². The zero-order valence-corrected chi connectivity index (χ0v) is 11.0. The Morgan fingerprint density at radius 3 is 2.81 bits per heavy atom. The Balaban J connectivity index is 2.04. The van der Waals surface area contributed by atoms with Crippen molar-refractivity contribution in [1.29, 1.82) is 0 Å². The lowest BCUT2D eigenvalue weighted by Crippen LogP contribution is -2.29. The molecule has 21 heavy (non-hydrogen) atoms. The number of aromatic nitrogens is 3. The molecule has 0 bridgehead atoms. The smallest absolute Gasteiger partial charge is 0.337 e. The summed E-state index contributed by atoms with van der Waals surface area (Å²) in [6, 6.07) is 2.75. The normalized spacial score (nSPS) is 10.2. The first-order chi connectivity index (χ1) is 9.97. The molecule has 0 spiro atoms. The third kappa shape index (κ3) is 3.53. The Hall–Kier alpha value is -2.97. The summed E-state index contributed by atoms with van der Waals surface area (Å²) < 4.78 is 15.1. The Bertz CT molecular complexity index is 685. The van der Waals surface area contributed by atoms with Gasteiger partial charge in [0.2, 0.25) is 0 Å². The number of aryl methyl sites for hydroxylation is 1. The van der Waals surface area contributed by atoms with Gasteiger partial charge in [0, 0.05) is 7.05 Å². The highest BCUT2D eigenvalue weighted by molar-refractivity contribution is 6.00. The highest BCUT2D eigenvalue weighted by Crippen LogP contribution is 2.19. The molecule has 1 aromatic carbocycles. The summed E-state index contributed by atoms with van der Waals surface area (Å²) in [6.45, 7) is 0.0313. The van der Waals surface area contributed by atoms with Crippen LogP contribution in [0.3, 0.4) is 0 Å². The molecule has 0 saturated carbocycles. The summed E-state index contributed by atoms with van der Waals surface area (Å²) >= 11 is 0. The van der Waals surface area contributed by atoms with Gasteiger partial charge in [-0.1, -0.05) is 6.07 Å². The molecule has 0 aliphatic rings. The number of urea groups is 1. The van der Waals surface area contributed by atoms with E-state index in [1.54, 1.807) is 7.05 Å². The number of anilines is 1. The van der Waals surface area contributed by atoms with Crippen LogP contribution in [-0.4, -0.2) is 31.9 Å². The van der Waals surface area contributed by atoms with Crippen LogP contribution in [0.25, 0.3) is 0 Å². The summed E-state index contributed by atoms with van der Waals surface area (Å²) in [5.74, 6) is -1.79. The van der Waals surface area contributed by atoms with Crippen molar-refractivity contribution in [3.8, 4) is 0 Å². The number of carboxylic acid groups (broad SMARTS) is 1. The van der Waals surface area contributed by atoms with Crippen molar-refractivity contribution >= 4 is 17.7 Å². The Morgan fingerprint density at radius 1 is 1.43 bits per heavy atom. The molecule has 2 aromatic rings. The molecule has 1 aromatic heterocycles. The minimum atomic E-state index is -1.34. The first-order valence-electron chi connectivity index (χ1n) is 5.88. The maximum atomic E-state index is 13.6. The molecule has 0 atom stereocenters. The molecule has 0 aliphatic carbocycles. The lowest BCUT2D eigenvalue weighted by atomic mass is 10.1. The molecule has 0 saturated heterocycles. The molecule has 0 aliphatic heterocycles. The SMILES string of the molecule is Cn1cnc(CNC(=O)Nc2c(F)cccc2C(=O)O)n1. The lowest BCUT2D eigenvalue weighted by Gasteiger charge is -2.09. The van der Waals surface area contributed by atoms with Crippen molar-refractivity contribution in [3.63, 3.8) is 0 Å². The molecule has 0 radical (unpaired) electrons. The van der Waals surface area contributed by atoms with E-state index in [-0.39, 0.29) is 12.1 Å². The van der Waals surface area contributed by atoms with Crippen molar-refractivity contribution in [1.82, 2.24) is 20.1 Å². The minimum Gasteiger partial charge on any atom is -0.478 e. The van der Waals surface area contributed by atoms with E-state index in [1.807, 2.05) is 0 Å². The highest BCUT2D eigenvalue weighted by atomic mass is 19.1. The molecule has 3 N–H and O–H groups in total. The van der Waals surface area contributed by atoms with E-state index in [4.69, 9.17) is 5.11 Å². The van der Waals surface area contributed by atoms with Crippen LogP contribution >= 0.6 is 0 Å². The zero-order valence-electron chi connectivity index (χ0n) is 11.0. The second-order valence-electron chi connectivity index (χ2n) is 4.11. The molecule has 8 nitrogen and oxygen atoms in total. The first kappa shape index (κ1) is 14.4. The van der Waals surface area contributed by atoms with E-state index in [2.05, 4.69) is 20.7 Å². The molecule has 1 heterocycles. The topological polar surface area (TPSA) is 109 Å². The van der Waals surface area contributed by atoms with Gasteiger partial charge in [-0.3, -0.25) is 4.68 Å². The number of nitrogens with zero attached hydrogens (tertiary/aromatic N) is 3. The predicted octanol–water partition coefficient (Wildman–Crippen LogP) is 0.974. The van der Waals surface area contributed by atoms with Gasteiger partial charge in [0.15, 0.2) is 5.82 Å². The number of hydrogen-bond acceptors (Lipinski definition) is 4. The Kier molecular flexibility index (Phi) is 4.12. The second kappa shape index (κ2) is 5.99. The molecular weight excluding hydrogens is 281 g/mol. The van der Waals surface area contributed by atoms with Crippen molar-refractivity contribution in [3.05, 3.63) is 41.7 Å². The number of benzene rings is 1. The fourth-order valence-corrected chi connectivity index (χ4v) is 1.61. The van der Waals surface area contributed by atoms with Gasteiger partial charge in [0.05, 0.1) is 17.8 Å². The summed E-state index contributed by atoms with van der Waals surface area (Å²) in [5, 5.41) is 17.5. The van der Waals surface area contributed by atoms with Crippen LogP contribution in [0.5, 0.6) is 0 Å². The van der Waals surface area contributed by atoms with Gasteiger partial charge in [-0.2, -0.15) is 5.10 Å². The Morgan fingerprint density at radius 2 is 2.19 bits per heavy atom. The van der Waals surface area contributed by atoms with Crippen LogP contribution in [0.2, 0.25) is 0 Å². The molecule has 2 rings (SSSR count). The number of carbonyl (C=O) groups excluding carboxylic acids is 1. The number of carbonyl (C=O) groups is 2. The zero-order chi connectivity index (χ0) is 15.4. The van der Waals surface area contributed by atoms with Crippen LogP contribution in [0.1, 0.15) is 16.2 Å². The number of aromatic carboxylic acids is 1. The van der Waals surface area contributed by atoms with Gasteiger partial charge >= 0.3 is 12.0 Å². The van der Waals surface area contributed by atoms with E-state index < -0.39 is 23.5 Å². The van der Waals surface area contributed by atoms with Gasteiger partial charge in [0.25, 0.3) is 0 Å². The second-order valence-corrected chi connectivity index (χ2v) is 4.11. The van der Waals surface area contributed by atoms with Gasteiger partial charge < -0.3 is 15.7 Å². The third-order valence-corrected chi connectivity index (χ3v) is 2.54. The van der Waals surface area contributed by atoms with Gasteiger partial charge in [-0.15, -0.1) is 0 Å². The average Bonchev–Trinajstić information content (AvgIpc) is 2.84. The maximum Gasteiger partial charge on any atom is 0.337 e. The summed E-state index contributed by atoms with van der Waals surface area (Å²) in [4.78, 5) is 26.6. The standard InChI is InChI=1S/C12H12FN5O3/c1-18-6-15-9(17-18)5-14-12(21)16-10-7(11(19)20)3-2-4-8(10)13/h2-4,6H,5H2,1H3,(H,19,20)(H2,14,16,21). The molecule has 9 heteroatoms. The van der Waals surface area contributed by atoms with Crippen LogP contribution < -0.4 is 10.6 Å². The van der Waals surface area contributed by atoms with Gasteiger partial charge in [-0.05, 0) is 12.1 Å². The quantitative estimate of drug-likeness (QED) is 0.778.